The Kier molecular flexibility index (Phi) is 8.28. The van der Waals surface area contributed by atoms with Gasteiger partial charge in [-0.3, -0.25) is 4.79 Å². The van der Waals surface area contributed by atoms with Crippen LogP contribution in [0.4, 0.5) is 13.2 Å². The molecule has 11 heteroatoms. The maximum absolute atomic E-state index is 12.5. The minimum absolute atomic E-state index is 0.0505. The van der Waals surface area contributed by atoms with Crippen LogP contribution < -0.4 is 9.46 Å². The van der Waals surface area contributed by atoms with Crippen molar-refractivity contribution in [2.45, 2.75) is 75.9 Å². The van der Waals surface area contributed by atoms with Crippen molar-refractivity contribution in [2.75, 3.05) is 19.4 Å². The van der Waals surface area contributed by atoms with Gasteiger partial charge in [0, 0.05) is 19.5 Å². The highest BCUT2D eigenvalue weighted by atomic mass is 32.2. The maximum Gasteiger partial charge on any atom is 0.573 e. The van der Waals surface area contributed by atoms with E-state index in [1.165, 1.54) is 19.1 Å². The second-order valence-corrected chi connectivity index (χ2v) is 10.6. The summed E-state index contributed by atoms with van der Waals surface area (Å²) in [5, 5.41) is 0. The molecule has 1 saturated carbocycles. The number of ether oxygens (including phenoxy) is 2. The van der Waals surface area contributed by atoms with Gasteiger partial charge < -0.3 is 14.4 Å². The van der Waals surface area contributed by atoms with Gasteiger partial charge in [-0.05, 0) is 62.1 Å². The molecule has 2 fully saturated rings. The van der Waals surface area contributed by atoms with Gasteiger partial charge in [-0.2, -0.15) is 0 Å². The number of carbonyl (C=O) groups is 1. The fourth-order valence-electron chi connectivity index (χ4n) is 4.83. The van der Waals surface area contributed by atoms with Crippen LogP contribution in [0.15, 0.2) is 24.3 Å². The molecule has 33 heavy (non-hydrogen) atoms. The molecule has 2 aliphatic rings. The predicted octanol–water partition coefficient (Wildman–Crippen LogP) is 3.56. The van der Waals surface area contributed by atoms with Gasteiger partial charge >= 0.3 is 6.36 Å². The Morgan fingerprint density at radius 3 is 2.48 bits per heavy atom. The van der Waals surface area contributed by atoms with E-state index in [9.17, 15) is 26.4 Å². The molecule has 3 rings (SSSR count). The summed E-state index contributed by atoms with van der Waals surface area (Å²) in [6.07, 6.45) is 0.648. The summed E-state index contributed by atoms with van der Waals surface area (Å²) >= 11 is 0. The Labute approximate surface area is 192 Å². The molecule has 1 aliphatic heterocycles. The van der Waals surface area contributed by atoms with Gasteiger partial charge in [0.05, 0.1) is 25.0 Å². The number of rotatable bonds is 7. The average molecular weight is 493 g/mol. The largest absolute Gasteiger partial charge is 0.573 e. The number of hydrogen-bond acceptors (Lipinski definition) is 5. The summed E-state index contributed by atoms with van der Waals surface area (Å²) in [7, 11) is -3.43. The number of halogens is 3. The molecule has 1 N–H and O–H groups in total. The molecule has 1 saturated heterocycles. The topological polar surface area (TPSA) is 84.9 Å². The van der Waals surface area contributed by atoms with E-state index in [4.69, 9.17) is 4.74 Å². The molecule has 0 radical (unpaired) electrons. The van der Waals surface area contributed by atoms with Gasteiger partial charge in [0.1, 0.15) is 5.75 Å². The van der Waals surface area contributed by atoms with Crippen LogP contribution in [0.2, 0.25) is 0 Å². The lowest BCUT2D eigenvalue weighted by atomic mass is 9.82. The zero-order valence-corrected chi connectivity index (χ0v) is 19.6. The lowest BCUT2D eigenvalue weighted by Gasteiger charge is -2.41. The minimum Gasteiger partial charge on any atom is -0.406 e. The third-order valence-electron chi connectivity index (χ3n) is 6.29. The number of piperidine rings is 1. The molecule has 186 valence electrons. The molecule has 0 spiro atoms. The summed E-state index contributed by atoms with van der Waals surface area (Å²) in [6.45, 7) is 2.27. The van der Waals surface area contributed by atoms with E-state index in [1.807, 2.05) is 6.07 Å². The van der Waals surface area contributed by atoms with E-state index in [2.05, 4.69) is 9.46 Å². The average Bonchev–Trinajstić information content (AvgIpc) is 2.71. The third kappa shape index (κ3) is 7.86. The summed E-state index contributed by atoms with van der Waals surface area (Å²) in [5.74, 6) is -0.220. The van der Waals surface area contributed by atoms with Crippen molar-refractivity contribution < 1.29 is 35.9 Å². The number of sulfonamides is 1. The first kappa shape index (κ1) is 25.8. The molecule has 0 unspecified atom stereocenters. The first-order chi connectivity index (χ1) is 15.4. The van der Waals surface area contributed by atoms with Crippen LogP contribution in [-0.2, 0) is 19.6 Å². The Bertz CT molecular complexity index is 917. The standard InChI is InChI=1S/C22H31F3N2O5S/c1-15(28)27-12-4-7-20(26-33(2,29)30)21(27)14-31-18-10-8-16(9-11-18)17-5-3-6-19(13-17)32-22(23,24)25/h3,5-6,13,16,18,20-21,26H,4,7-12,14H2,1-2H3/t16?,18?,20-,21-/m0/s1. The van der Waals surface area contributed by atoms with Gasteiger partial charge in [-0.15, -0.1) is 13.2 Å². The molecule has 1 aliphatic carbocycles. The van der Waals surface area contributed by atoms with Gasteiger partial charge in [-0.1, -0.05) is 12.1 Å². The smallest absolute Gasteiger partial charge is 0.406 e. The molecule has 0 bridgehead atoms. The number of alkyl halides is 3. The molecule has 1 aromatic rings. The lowest BCUT2D eigenvalue weighted by Crippen LogP contribution is -2.58. The van der Waals surface area contributed by atoms with Gasteiger partial charge in [-0.25, -0.2) is 13.1 Å². The van der Waals surface area contributed by atoms with Crippen molar-refractivity contribution in [3.63, 3.8) is 0 Å². The number of nitrogens with one attached hydrogen (secondary N) is 1. The van der Waals surface area contributed by atoms with Gasteiger partial charge in [0.25, 0.3) is 0 Å². The zero-order chi connectivity index (χ0) is 24.2. The van der Waals surface area contributed by atoms with Crippen molar-refractivity contribution in [2.24, 2.45) is 0 Å². The molecule has 1 aromatic carbocycles. The van der Waals surface area contributed by atoms with Crippen LogP contribution in [0.3, 0.4) is 0 Å². The SMILES string of the molecule is CC(=O)N1CCC[C@H](NS(C)(=O)=O)[C@@H]1COC1CCC(c2cccc(OC(F)(F)F)c2)CC1. The van der Waals surface area contributed by atoms with Crippen LogP contribution in [0, 0.1) is 0 Å². The van der Waals surface area contributed by atoms with Crippen LogP contribution in [-0.4, -0.2) is 63.2 Å². The minimum atomic E-state index is -4.72. The summed E-state index contributed by atoms with van der Waals surface area (Å²) in [6, 6.07) is 5.33. The number of hydrogen-bond donors (Lipinski definition) is 1. The van der Waals surface area contributed by atoms with Gasteiger partial charge in [0.15, 0.2) is 0 Å². The summed E-state index contributed by atoms with van der Waals surface area (Å²) in [4.78, 5) is 13.8. The van der Waals surface area contributed by atoms with Crippen LogP contribution in [0.25, 0.3) is 0 Å². The number of nitrogens with zero attached hydrogens (tertiary/aromatic N) is 1. The van der Waals surface area contributed by atoms with Crippen LogP contribution >= 0.6 is 0 Å². The van der Waals surface area contributed by atoms with E-state index >= 15 is 0 Å². The van der Waals surface area contributed by atoms with Crippen molar-refractivity contribution in [3.05, 3.63) is 29.8 Å². The maximum atomic E-state index is 12.5. The Balaban J connectivity index is 1.56. The highest BCUT2D eigenvalue weighted by Crippen LogP contribution is 2.36. The molecule has 7 nitrogen and oxygen atoms in total. The predicted molar refractivity (Wildman–Crippen MR) is 116 cm³/mol. The van der Waals surface area contributed by atoms with Crippen molar-refractivity contribution in [3.8, 4) is 5.75 Å². The fraction of sp³-hybridized carbons (Fsp3) is 0.682. The van der Waals surface area contributed by atoms with Crippen molar-refractivity contribution in [1.82, 2.24) is 9.62 Å². The van der Waals surface area contributed by atoms with E-state index in [0.717, 1.165) is 37.5 Å². The first-order valence-corrected chi connectivity index (χ1v) is 13.0. The quantitative estimate of drug-likeness (QED) is 0.629. The second kappa shape index (κ2) is 10.6. The molecule has 0 aromatic heterocycles. The fourth-order valence-corrected chi connectivity index (χ4v) is 5.65. The number of likely N-dealkylation sites (tertiary alicyclic amines) is 1. The van der Waals surface area contributed by atoms with E-state index in [0.29, 0.717) is 19.4 Å². The van der Waals surface area contributed by atoms with Crippen LogP contribution in [0.5, 0.6) is 5.75 Å². The lowest BCUT2D eigenvalue weighted by molar-refractivity contribution is -0.274. The Morgan fingerprint density at radius 1 is 1.18 bits per heavy atom. The zero-order valence-electron chi connectivity index (χ0n) is 18.8. The highest BCUT2D eigenvalue weighted by Gasteiger charge is 2.36. The first-order valence-electron chi connectivity index (χ1n) is 11.1. The summed E-state index contributed by atoms with van der Waals surface area (Å²) < 4.78 is 73.8. The van der Waals surface area contributed by atoms with E-state index < -0.39 is 22.4 Å². The molecular weight excluding hydrogens is 461 g/mol. The molecule has 2 atom stereocenters. The molecular formula is C22H31F3N2O5S. The van der Waals surface area contributed by atoms with Crippen molar-refractivity contribution in [1.29, 1.82) is 0 Å². The van der Waals surface area contributed by atoms with Crippen LogP contribution in [0.1, 0.15) is 56.9 Å². The molecule has 1 heterocycles. The highest BCUT2D eigenvalue weighted by molar-refractivity contribution is 7.88. The Morgan fingerprint density at radius 2 is 1.88 bits per heavy atom. The third-order valence-corrected chi connectivity index (χ3v) is 7.02. The number of carbonyl (C=O) groups excluding carboxylic acids is 1. The monoisotopic (exact) mass is 492 g/mol. The van der Waals surface area contributed by atoms with E-state index in [-0.39, 0.29) is 36.3 Å². The number of amides is 1. The second-order valence-electron chi connectivity index (χ2n) is 8.85. The number of benzene rings is 1. The Hall–Kier alpha value is -1.85. The van der Waals surface area contributed by atoms with E-state index in [1.54, 1.807) is 11.0 Å². The molecule has 1 amide bonds. The summed E-state index contributed by atoms with van der Waals surface area (Å²) in [5.41, 5.74) is 0.808. The van der Waals surface area contributed by atoms with Crippen molar-refractivity contribution >= 4 is 15.9 Å². The normalized spacial score (nSPS) is 26.8. The van der Waals surface area contributed by atoms with Gasteiger partial charge in [0.2, 0.25) is 15.9 Å².